The van der Waals surface area contributed by atoms with Crippen LogP contribution >= 0.6 is 0 Å². The number of hydrogen-bond acceptors (Lipinski definition) is 4. The molecule has 3 N–H and O–H groups in total. The van der Waals surface area contributed by atoms with Crippen LogP contribution in [0.1, 0.15) is 36.0 Å². The van der Waals surface area contributed by atoms with Crippen molar-refractivity contribution in [2.75, 3.05) is 6.54 Å². The standard InChI is InChI=1S/C22H23N3O4/c23-21(28)22-12-10-16(11-13-22)25(22)19(26)14-24-20(27)15-6-8-18(9-7-15)29-17-4-2-1-3-5-17/h1-9,16H,10-14H2,(H2,23,28)(H,24,27). The summed E-state index contributed by atoms with van der Waals surface area (Å²) in [7, 11) is 0. The summed E-state index contributed by atoms with van der Waals surface area (Å²) in [6.07, 6.45) is 2.78. The zero-order valence-electron chi connectivity index (χ0n) is 16.0. The normalized spacial score (nSPS) is 22.3. The topological polar surface area (TPSA) is 102 Å². The highest BCUT2D eigenvalue weighted by molar-refractivity contribution is 5.98. The van der Waals surface area contributed by atoms with E-state index in [1.165, 1.54) is 0 Å². The molecular formula is C22H23N3O4. The Kier molecular flexibility index (Phi) is 4.96. The van der Waals surface area contributed by atoms with Crippen LogP contribution in [0.4, 0.5) is 0 Å². The first kappa shape index (κ1) is 19.0. The van der Waals surface area contributed by atoms with Crippen molar-refractivity contribution in [3.05, 3.63) is 60.2 Å². The average molecular weight is 393 g/mol. The molecule has 2 heterocycles. The lowest BCUT2D eigenvalue weighted by Crippen LogP contribution is -2.55. The lowest BCUT2D eigenvalue weighted by Gasteiger charge is -2.32. The third-order valence-electron chi connectivity index (χ3n) is 5.83. The van der Waals surface area contributed by atoms with Crippen molar-refractivity contribution < 1.29 is 19.1 Å². The van der Waals surface area contributed by atoms with Gasteiger partial charge in [-0.1, -0.05) is 18.2 Å². The average Bonchev–Trinajstić information content (AvgIpc) is 3.30. The fourth-order valence-corrected chi connectivity index (χ4v) is 4.38. The van der Waals surface area contributed by atoms with Gasteiger partial charge < -0.3 is 20.7 Å². The lowest BCUT2D eigenvalue weighted by molar-refractivity contribution is -0.141. The van der Waals surface area contributed by atoms with E-state index in [1.54, 1.807) is 29.2 Å². The van der Waals surface area contributed by atoms with Gasteiger partial charge in [0.25, 0.3) is 5.91 Å². The van der Waals surface area contributed by atoms with E-state index in [0.717, 1.165) is 12.8 Å². The minimum atomic E-state index is -0.872. The van der Waals surface area contributed by atoms with Crippen LogP contribution in [0.25, 0.3) is 0 Å². The van der Waals surface area contributed by atoms with E-state index < -0.39 is 11.4 Å². The molecule has 2 aromatic rings. The molecule has 0 saturated carbocycles. The second-order valence-corrected chi connectivity index (χ2v) is 7.51. The lowest BCUT2D eigenvalue weighted by atomic mass is 9.87. The van der Waals surface area contributed by atoms with Gasteiger partial charge in [-0.15, -0.1) is 0 Å². The first-order valence-electron chi connectivity index (χ1n) is 9.73. The number of nitrogens with two attached hydrogens (primary N) is 1. The summed E-state index contributed by atoms with van der Waals surface area (Å²) in [6, 6.07) is 16.1. The first-order chi connectivity index (χ1) is 14.0. The quantitative estimate of drug-likeness (QED) is 0.786. The molecule has 7 nitrogen and oxygen atoms in total. The molecule has 29 heavy (non-hydrogen) atoms. The van der Waals surface area contributed by atoms with E-state index in [0.29, 0.717) is 29.9 Å². The molecule has 2 aliphatic rings. The minimum absolute atomic E-state index is 0.0429. The van der Waals surface area contributed by atoms with Crippen LogP contribution in [0.3, 0.4) is 0 Å². The third-order valence-corrected chi connectivity index (χ3v) is 5.83. The predicted molar refractivity (Wildman–Crippen MR) is 106 cm³/mol. The molecule has 7 heteroatoms. The van der Waals surface area contributed by atoms with Gasteiger partial charge in [-0.2, -0.15) is 0 Å². The van der Waals surface area contributed by atoms with Crippen LogP contribution in [0, 0.1) is 0 Å². The molecule has 2 aliphatic heterocycles. The number of fused-ring (bicyclic) bond motifs is 2. The Labute approximate surface area is 168 Å². The predicted octanol–water partition coefficient (Wildman–Crippen LogP) is 2.22. The summed E-state index contributed by atoms with van der Waals surface area (Å²) in [5.41, 5.74) is 5.13. The van der Waals surface area contributed by atoms with Crippen LogP contribution in [-0.2, 0) is 9.59 Å². The number of ether oxygens (including phenoxy) is 1. The molecule has 0 unspecified atom stereocenters. The number of carbonyl (C=O) groups excluding carboxylic acids is 3. The number of para-hydroxylation sites is 1. The van der Waals surface area contributed by atoms with E-state index in [2.05, 4.69) is 5.32 Å². The van der Waals surface area contributed by atoms with Crippen LogP contribution in [0.15, 0.2) is 54.6 Å². The van der Waals surface area contributed by atoms with Gasteiger partial charge >= 0.3 is 0 Å². The molecule has 0 radical (unpaired) electrons. The zero-order valence-corrected chi connectivity index (χ0v) is 16.0. The number of rotatable bonds is 6. The molecule has 3 amide bonds. The number of amides is 3. The fraction of sp³-hybridized carbons (Fsp3) is 0.318. The Bertz CT molecular complexity index is 919. The highest BCUT2D eigenvalue weighted by atomic mass is 16.5. The molecule has 4 rings (SSSR count). The summed E-state index contributed by atoms with van der Waals surface area (Å²) in [5, 5.41) is 2.65. The molecule has 0 aromatic heterocycles. The van der Waals surface area contributed by atoms with Gasteiger partial charge in [0.15, 0.2) is 0 Å². The molecule has 0 spiro atoms. The van der Waals surface area contributed by atoms with Gasteiger partial charge in [-0.05, 0) is 62.1 Å². The maximum atomic E-state index is 12.7. The van der Waals surface area contributed by atoms with Crippen LogP contribution in [0.5, 0.6) is 11.5 Å². The van der Waals surface area contributed by atoms with E-state index in [1.807, 2.05) is 30.3 Å². The van der Waals surface area contributed by atoms with E-state index >= 15 is 0 Å². The van der Waals surface area contributed by atoms with Gasteiger partial charge in [0.1, 0.15) is 17.0 Å². The zero-order chi connectivity index (χ0) is 20.4. The number of benzene rings is 2. The summed E-state index contributed by atoms with van der Waals surface area (Å²) in [6.45, 7) is -0.160. The highest BCUT2D eigenvalue weighted by Crippen LogP contribution is 2.46. The molecule has 0 atom stereocenters. The largest absolute Gasteiger partial charge is 0.457 e. The molecule has 0 aliphatic carbocycles. The summed E-state index contributed by atoms with van der Waals surface area (Å²) >= 11 is 0. The SMILES string of the molecule is NC(=O)C12CCC(CC1)N2C(=O)CNC(=O)c1ccc(Oc2ccccc2)cc1. The Morgan fingerprint density at radius 3 is 2.24 bits per heavy atom. The number of carbonyl (C=O) groups is 3. The first-order valence-corrected chi connectivity index (χ1v) is 9.73. The molecule has 2 aromatic carbocycles. The van der Waals surface area contributed by atoms with Crippen molar-refractivity contribution in [3.63, 3.8) is 0 Å². The van der Waals surface area contributed by atoms with Crippen molar-refractivity contribution in [1.29, 1.82) is 0 Å². The van der Waals surface area contributed by atoms with Crippen LogP contribution in [-0.4, -0.2) is 40.7 Å². The Morgan fingerprint density at radius 2 is 1.62 bits per heavy atom. The Hall–Kier alpha value is -3.35. The Balaban J connectivity index is 1.35. The smallest absolute Gasteiger partial charge is 0.251 e. The van der Waals surface area contributed by atoms with Crippen molar-refractivity contribution in [1.82, 2.24) is 10.2 Å². The molecular weight excluding hydrogens is 370 g/mol. The highest BCUT2D eigenvalue weighted by Gasteiger charge is 2.57. The number of nitrogens with one attached hydrogen (secondary N) is 1. The van der Waals surface area contributed by atoms with Crippen molar-refractivity contribution in [2.45, 2.75) is 37.3 Å². The monoisotopic (exact) mass is 393 g/mol. The van der Waals surface area contributed by atoms with Gasteiger partial charge in [-0.3, -0.25) is 14.4 Å². The van der Waals surface area contributed by atoms with Crippen molar-refractivity contribution in [2.24, 2.45) is 5.73 Å². The van der Waals surface area contributed by atoms with Crippen molar-refractivity contribution in [3.8, 4) is 11.5 Å². The van der Waals surface area contributed by atoms with Gasteiger partial charge in [0.2, 0.25) is 11.8 Å². The van der Waals surface area contributed by atoms with Crippen LogP contribution in [0.2, 0.25) is 0 Å². The summed E-state index contributed by atoms with van der Waals surface area (Å²) in [4.78, 5) is 38.7. The molecule has 2 saturated heterocycles. The van der Waals surface area contributed by atoms with Crippen LogP contribution < -0.4 is 15.8 Å². The maximum absolute atomic E-state index is 12.7. The third kappa shape index (κ3) is 3.55. The van der Waals surface area contributed by atoms with Gasteiger partial charge in [0, 0.05) is 11.6 Å². The second kappa shape index (κ2) is 7.58. The minimum Gasteiger partial charge on any atom is -0.457 e. The van der Waals surface area contributed by atoms with Gasteiger partial charge in [-0.25, -0.2) is 0 Å². The molecule has 150 valence electrons. The van der Waals surface area contributed by atoms with E-state index in [9.17, 15) is 14.4 Å². The van der Waals surface area contributed by atoms with E-state index in [-0.39, 0.29) is 24.4 Å². The van der Waals surface area contributed by atoms with Crippen molar-refractivity contribution >= 4 is 17.7 Å². The molecule has 2 bridgehead atoms. The fourth-order valence-electron chi connectivity index (χ4n) is 4.38. The number of hydrogen-bond donors (Lipinski definition) is 2. The Morgan fingerprint density at radius 1 is 1.00 bits per heavy atom. The number of nitrogens with zero attached hydrogens (tertiary/aromatic N) is 1. The second-order valence-electron chi connectivity index (χ2n) is 7.51. The molecule has 2 fully saturated rings. The van der Waals surface area contributed by atoms with E-state index in [4.69, 9.17) is 10.5 Å². The summed E-state index contributed by atoms with van der Waals surface area (Å²) in [5.74, 6) is 0.247. The maximum Gasteiger partial charge on any atom is 0.251 e. The van der Waals surface area contributed by atoms with Gasteiger partial charge in [0.05, 0.1) is 6.54 Å². The summed E-state index contributed by atoms with van der Waals surface area (Å²) < 4.78 is 5.71. The number of primary amides is 1.